The standard InChI is InChI=1S/C64H77N3O14S/c1-4-7-38-67(64-66-57-18-12-13-19-59(57)82-64)65-44-51-43-56(79-63(71)50-26-20-47(21-27-50)45-76-80-55-34-30-53(31-35-55)73-40-15-9-11-17-42-75-61(69)6-3)36-37-58(51)81-77-46-48-22-24-49(25-23-48)62(70)78-54-32-28-52(29-33-54)72-39-14-8-10-16-41-74-60(68)5-2/h4-6,12-13,18-19,28-37,43-44,47-50H,1-3,7-11,14-17,20-27,38-42,45-46H2/b65-44+. The first-order valence-corrected chi connectivity index (χ1v) is 29.5. The molecule has 7 rings (SSSR count). The predicted molar refractivity (Wildman–Crippen MR) is 314 cm³/mol. The molecule has 4 aromatic carbocycles. The smallest absolute Gasteiger partial charge is 0.330 e. The van der Waals surface area contributed by atoms with E-state index in [9.17, 15) is 19.2 Å². The second-order valence-corrected chi connectivity index (χ2v) is 21.3. The molecule has 82 heavy (non-hydrogen) atoms. The van der Waals surface area contributed by atoms with E-state index < -0.39 is 11.9 Å². The number of aromatic nitrogens is 1. The molecule has 0 amide bonds. The second kappa shape index (κ2) is 34.7. The minimum atomic E-state index is -0.401. The quantitative estimate of drug-likeness (QED) is 0.00538. The summed E-state index contributed by atoms with van der Waals surface area (Å²) in [5.74, 6) is 1.77. The van der Waals surface area contributed by atoms with E-state index in [2.05, 4.69) is 19.7 Å². The maximum absolute atomic E-state index is 13.7. The number of hydrogen-bond acceptors (Lipinski definition) is 18. The summed E-state index contributed by atoms with van der Waals surface area (Å²) in [7, 11) is 0. The predicted octanol–water partition coefficient (Wildman–Crippen LogP) is 13.5. The van der Waals surface area contributed by atoms with Gasteiger partial charge in [-0.2, -0.15) is 14.9 Å². The third-order valence-corrected chi connectivity index (χ3v) is 15.2. The Morgan fingerprint density at radius 3 is 1.62 bits per heavy atom. The summed E-state index contributed by atoms with van der Waals surface area (Å²) in [5.41, 5.74) is 1.42. The van der Waals surface area contributed by atoms with Gasteiger partial charge >= 0.3 is 23.9 Å². The zero-order valence-electron chi connectivity index (χ0n) is 46.8. The highest BCUT2D eigenvalue weighted by Crippen LogP contribution is 2.35. The van der Waals surface area contributed by atoms with Crippen LogP contribution in [-0.2, 0) is 38.4 Å². The Morgan fingerprint density at radius 1 is 0.573 bits per heavy atom. The SMILES string of the molecule is C=CCCN(/N=C/c1cc(OC(=O)C2CCC(COOc3ccc(OCCCCCCOC(=O)C=C)cc3)CC2)ccc1OOCC1CCC(C(=O)Oc2ccc(OCCCCCCOC(=O)C=C)cc2)CC1)c1nc2ccccc2s1. The molecule has 0 bridgehead atoms. The summed E-state index contributed by atoms with van der Waals surface area (Å²) < 4.78 is 34.5. The van der Waals surface area contributed by atoms with Crippen LogP contribution in [0.25, 0.3) is 10.2 Å². The van der Waals surface area contributed by atoms with E-state index in [0.717, 1.165) is 98.1 Å². The van der Waals surface area contributed by atoms with Gasteiger partial charge in [-0.05, 0) is 200 Å². The number of anilines is 1. The molecule has 0 unspecified atom stereocenters. The van der Waals surface area contributed by atoms with Crippen LogP contribution in [0, 0.1) is 23.7 Å². The van der Waals surface area contributed by atoms with Crippen LogP contribution in [0.4, 0.5) is 5.13 Å². The molecule has 0 aliphatic heterocycles. The van der Waals surface area contributed by atoms with E-state index in [1.165, 1.54) is 23.5 Å². The molecule has 2 saturated carbocycles. The summed E-state index contributed by atoms with van der Waals surface area (Å²) in [5, 5.41) is 7.42. The van der Waals surface area contributed by atoms with E-state index in [1.54, 1.807) is 60.8 Å². The van der Waals surface area contributed by atoms with Crippen molar-refractivity contribution in [2.45, 2.75) is 109 Å². The maximum Gasteiger partial charge on any atom is 0.330 e. The minimum Gasteiger partial charge on any atom is -0.494 e. The fraction of sp³-hybridized carbons (Fsp3) is 0.438. The number of para-hydroxylation sites is 1. The van der Waals surface area contributed by atoms with Gasteiger partial charge in [-0.25, -0.2) is 19.6 Å². The number of fused-ring (bicyclic) bond motifs is 1. The van der Waals surface area contributed by atoms with Gasteiger partial charge in [0.25, 0.3) is 0 Å². The third kappa shape index (κ3) is 21.4. The average molecular weight is 1140 g/mol. The number of carbonyl (C=O) groups is 4. The maximum atomic E-state index is 13.7. The van der Waals surface area contributed by atoms with Gasteiger partial charge in [-0.1, -0.05) is 42.7 Å². The third-order valence-electron chi connectivity index (χ3n) is 14.2. The van der Waals surface area contributed by atoms with E-state index in [1.807, 2.05) is 47.5 Å². The summed E-state index contributed by atoms with van der Waals surface area (Å²) in [6, 6.07) is 27.5. The van der Waals surface area contributed by atoms with Gasteiger partial charge in [0.2, 0.25) is 5.13 Å². The molecule has 0 N–H and O–H groups in total. The number of ether oxygens (including phenoxy) is 6. The van der Waals surface area contributed by atoms with Crippen LogP contribution in [-0.4, -0.2) is 81.3 Å². The highest BCUT2D eigenvalue weighted by Gasteiger charge is 2.30. The first kappa shape index (κ1) is 62.1. The Labute approximate surface area is 485 Å². The largest absolute Gasteiger partial charge is 0.494 e. The van der Waals surface area contributed by atoms with Crippen LogP contribution in [0.15, 0.2) is 134 Å². The Bertz CT molecular complexity index is 2790. The zero-order valence-corrected chi connectivity index (χ0v) is 47.7. The van der Waals surface area contributed by atoms with Crippen molar-refractivity contribution in [3.05, 3.63) is 135 Å². The second-order valence-electron chi connectivity index (χ2n) is 20.3. The fourth-order valence-corrected chi connectivity index (χ4v) is 10.3. The molecule has 1 heterocycles. The van der Waals surface area contributed by atoms with Crippen LogP contribution in [0.2, 0.25) is 0 Å². The zero-order chi connectivity index (χ0) is 57.6. The van der Waals surface area contributed by atoms with Crippen LogP contribution < -0.4 is 33.7 Å². The molecule has 1 aromatic heterocycles. The topological polar surface area (TPSA) is 189 Å². The first-order chi connectivity index (χ1) is 40.2. The molecule has 2 fully saturated rings. The van der Waals surface area contributed by atoms with Crippen LogP contribution in [0.5, 0.6) is 34.5 Å². The molecule has 0 radical (unpaired) electrons. The Balaban J connectivity index is 0.847. The number of nitrogens with zero attached hydrogens (tertiary/aromatic N) is 3. The Kier molecular flexibility index (Phi) is 26.2. The van der Waals surface area contributed by atoms with Gasteiger partial charge in [-0.3, -0.25) is 9.59 Å². The van der Waals surface area contributed by atoms with Gasteiger partial charge in [0.1, 0.15) is 23.0 Å². The minimum absolute atomic E-state index is 0.163. The summed E-state index contributed by atoms with van der Waals surface area (Å²) in [6.45, 7) is 13.9. The fourth-order valence-electron chi connectivity index (χ4n) is 9.36. The molecular formula is C64H77N3O14S. The molecule has 0 spiro atoms. The van der Waals surface area contributed by atoms with Gasteiger partial charge in [0.15, 0.2) is 11.5 Å². The number of carbonyl (C=O) groups excluding carboxylic acids is 4. The summed E-state index contributed by atoms with van der Waals surface area (Å²) in [6.07, 6.45) is 19.4. The Hall–Kier alpha value is -7.54. The number of hydrazone groups is 1. The molecule has 5 aromatic rings. The van der Waals surface area contributed by atoms with Gasteiger partial charge in [-0.15, -0.1) is 6.58 Å². The lowest BCUT2D eigenvalue weighted by atomic mass is 9.82. The van der Waals surface area contributed by atoms with Crippen LogP contribution in [0.3, 0.4) is 0 Å². The molecule has 2 aliphatic rings. The van der Waals surface area contributed by atoms with Crippen LogP contribution in [0.1, 0.15) is 115 Å². The number of esters is 4. The van der Waals surface area contributed by atoms with Gasteiger partial charge in [0.05, 0.1) is 67.9 Å². The van der Waals surface area contributed by atoms with E-state index >= 15 is 0 Å². The monoisotopic (exact) mass is 1140 g/mol. The van der Waals surface area contributed by atoms with Crippen molar-refractivity contribution in [1.82, 2.24) is 4.98 Å². The number of hydrogen-bond donors (Lipinski definition) is 0. The molecule has 18 heteroatoms. The number of benzene rings is 4. The van der Waals surface area contributed by atoms with Crippen molar-refractivity contribution in [3.63, 3.8) is 0 Å². The molecule has 0 atom stereocenters. The highest BCUT2D eigenvalue weighted by molar-refractivity contribution is 7.22. The highest BCUT2D eigenvalue weighted by atomic mass is 32.1. The van der Waals surface area contributed by atoms with E-state index in [-0.39, 0.29) is 35.6 Å². The van der Waals surface area contributed by atoms with Gasteiger partial charge < -0.3 is 38.2 Å². The van der Waals surface area contributed by atoms with Crippen molar-refractivity contribution < 1.29 is 67.1 Å². The molecule has 2 aliphatic carbocycles. The van der Waals surface area contributed by atoms with Crippen LogP contribution >= 0.6 is 11.3 Å². The molecule has 0 saturated heterocycles. The van der Waals surface area contributed by atoms with E-state index in [4.69, 9.17) is 58.1 Å². The average Bonchev–Trinajstić information content (AvgIpc) is 4.14. The van der Waals surface area contributed by atoms with Crippen molar-refractivity contribution in [3.8, 4) is 34.5 Å². The summed E-state index contributed by atoms with van der Waals surface area (Å²) in [4.78, 5) is 77.1. The first-order valence-electron chi connectivity index (χ1n) is 28.6. The van der Waals surface area contributed by atoms with Gasteiger partial charge in [0, 0.05) is 24.3 Å². The Morgan fingerprint density at radius 2 is 1.07 bits per heavy atom. The van der Waals surface area contributed by atoms with Crippen molar-refractivity contribution in [2.75, 3.05) is 51.2 Å². The lowest BCUT2D eigenvalue weighted by Gasteiger charge is -2.27. The molecular weight excluding hydrogens is 1070 g/mol. The normalized spacial score (nSPS) is 16.8. The lowest BCUT2D eigenvalue weighted by molar-refractivity contribution is -0.218. The van der Waals surface area contributed by atoms with Crippen molar-refractivity contribution in [2.24, 2.45) is 28.8 Å². The lowest BCUT2D eigenvalue weighted by Crippen LogP contribution is -2.27. The number of rotatable bonds is 36. The molecule has 438 valence electrons. The molecule has 17 nitrogen and oxygen atoms in total. The van der Waals surface area contributed by atoms with E-state index in [0.29, 0.717) is 113 Å². The van der Waals surface area contributed by atoms with Crippen molar-refractivity contribution in [1.29, 1.82) is 0 Å². The summed E-state index contributed by atoms with van der Waals surface area (Å²) >= 11 is 1.54. The number of thiazole rings is 1. The van der Waals surface area contributed by atoms with Crippen molar-refractivity contribution >= 4 is 56.8 Å². The number of unbranched alkanes of at least 4 members (excludes halogenated alkanes) is 6.